The number of benzene rings is 1. The van der Waals surface area contributed by atoms with E-state index in [-0.39, 0.29) is 0 Å². The van der Waals surface area contributed by atoms with E-state index < -0.39 is 0 Å². The summed E-state index contributed by atoms with van der Waals surface area (Å²) in [5.74, 6) is 1.59. The van der Waals surface area contributed by atoms with Gasteiger partial charge >= 0.3 is 6.01 Å². The Bertz CT molecular complexity index is 1010. The number of para-hydroxylation sites is 1. The van der Waals surface area contributed by atoms with Gasteiger partial charge in [0.15, 0.2) is 10.8 Å². The van der Waals surface area contributed by atoms with Crippen molar-refractivity contribution >= 4 is 23.1 Å². The molecule has 0 unspecified atom stereocenters. The van der Waals surface area contributed by atoms with E-state index in [1.54, 1.807) is 0 Å². The summed E-state index contributed by atoms with van der Waals surface area (Å²) in [6.07, 6.45) is 6.00. The van der Waals surface area contributed by atoms with Crippen molar-refractivity contribution in [3.05, 3.63) is 58.8 Å². The third-order valence-corrected chi connectivity index (χ3v) is 5.87. The molecule has 7 heteroatoms. The normalized spacial score (nSPS) is 18.6. The predicted molar refractivity (Wildman–Crippen MR) is 122 cm³/mol. The molecule has 2 aromatic rings. The molecule has 1 aliphatic carbocycles. The van der Waals surface area contributed by atoms with Crippen LogP contribution in [0.3, 0.4) is 0 Å². The molecule has 30 heavy (non-hydrogen) atoms. The first-order valence-electron chi connectivity index (χ1n) is 10.4. The van der Waals surface area contributed by atoms with Crippen LogP contribution in [0.15, 0.2) is 63.8 Å². The lowest BCUT2D eigenvalue weighted by Gasteiger charge is -2.30. The molecule has 0 radical (unpaired) electrons. The fourth-order valence-electron chi connectivity index (χ4n) is 3.85. The second-order valence-electron chi connectivity index (χ2n) is 7.93. The van der Waals surface area contributed by atoms with Crippen LogP contribution in [0.5, 0.6) is 11.8 Å². The standard InChI is InChI=1S/C23H27N5OS/c1-15(2)19-20(22-25-23(27-30-22)29-18-13-9-6-10-14-18)26-28(21(19)24-16(3)4)17-11-7-5-8-12-17/h6,9-10,13-14,17H,3,5,7-8,11-12H2,1-2,4H3. The highest BCUT2D eigenvalue weighted by molar-refractivity contribution is 7.08. The Hall–Kier alpha value is -2.80. The van der Waals surface area contributed by atoms with Crippen LogP contribution in [0.1, 0.15) is 57.9 Å². The van der Waals surface area contributed by atoms with E-state index in [9.17, 15) is 0 Å². The average molecular weight is 422 g/mol. The Morgan fingerprint density at radius 1 is 1.13 bits per heavy atom. The first kappa shape index (κ1) is 20.5. The van der Waals surface area contributed by atoms with Gasteiger partial charge in [-0.25, -0.2) is 10.0 Å². The summed E-state index contributed by atoms with van der Waals surface area (Å²) in [7, 11) is 0. The van der Waals surface area contributed by atoms with Crippen molar-refractivity contribution in [1.29, 1.82) is 0 Å². The molecule has 4 rings (SSSR count). The average Bonchev–Trinajstić information content (AvgIpc) is 3.34. The maximum Gasteiger partial charge on any atom is 0.334 e. The summed E-state index contributed by atoms with van der Waals surface area (Å²) in [4.78, 5) is 9.42. The number of hydrogen-bond acceptors (Lipinski definition) is 6. The Morgan fingerprint density at radius 2 is 1.87 bits per heavy atom. The van der Waals surface area contributed by atoms with E-state index in [4.69, 9.17) is 14.8 Å². The monoisotopic (exact) mass is 421 g/mol. The molecular formula is C23H27N5OS. The zero-order valence-corrected chi connectivity index (χ0v) is 18.6. The van der Waals surface area contributed by atoms with Gasteiger partial charge in [0.1, 0.15) is 11.5 Å². The van der Waals surface area contributed by atoms with E-state index in [1.165, 1.54) is 30.8 Å². The lowest BCUT2D eigenvalue weighted by Crippen LogP contribution is -2.35. The number of nitrogens with zero attached hydrogens (tertiary/aromatic N) is 5. The molecule has 156 valence electrons. The second-order valence-corrected chi connectivity index (χ2v) is 8.68. The Balaban J connectivity index is 1.70. The topological polar surface area (TPSA) is 63.0 Å². The van der Waals surface area contributed by atoms with Crippen LogP contribution in [-0.2, 0) is 0 Å². The van der Waals surface area contributed by atoms with E-state index in [2.05, 4.69) is 34.8 Å². The molecule has 1 aliphatic heterocycles. The maximum atomic E-state index is 5.81. The third kappa shape index (κ3) is 4.36. The summed E-state index contributed by atoms with van der Waals surface area (Å²) < 4.78 is 10.2. The van der Waals surface area contributed by atoms with Gasteiger partial charge in [-0.05, 0) is 57.3 Å². The molecule has 0 atom stereocenters. The van der Waals surface area contributed by atoms with Crippen LogP contribution >= 0.6 is 11.5 Å². The molecule has 0 N–H and O–H groups in total. The van der Waals surface area contributed by atoms with Crippen LogP contribution in [0.2, 0.25) is 0 Å². The van der Waals surface area contributed by atoms with E-state index in [1.807, 2.05) is 37.3 Å². The fraction of sp³-hybridized carbons (Fsp3) is 0.391. The quantitative estimate of drug-likeness (QED) is 0.598. The van der Waals surface area contributed by atoms with Gasteiger partial charge < -0.3 is 4.74 Å². The minimum Gasteiger partial charge on any atom is -0.424 e. The zero-order chi connectivity index (χ0) is 21.1. The number of ether oxygens (including phenoxy) is 1. The van der Waals surface area contributed by atoms with Crippen molar-refractivity contribution < 1.29 is 4.74 Å². The number of hydrazone groups is 1. The number of rotatable bonds is 5. The van der Waals surface area contributed by atoms with Crippen LogP contribution in [0.25, 0.3) is 0 Å². The van der Waals surface area contributed by atoms with Crippen LogP contribution in [-0.4, -0.2) is 32.0 Å². The zero-order valence-electron chi connectivity index (χ0n) is 17.8. The van der Waals surface area contributed by atoms with Gasteiger partial charge in [-0.2, -0.15) is 10.1 Å². The van der Waals surface area contributed by atoms with Crippen molar-refractivity contribution in [2.75, 3.05) is 0 Å². The van der Waals surface area contributed by atoms with Gasteiger partial charge in [-0.15, -0.1) is 4.37 Å². The maximum absolute atomic E-state index is 5.81. The minimum atomic E-state index is 0.339. The molecule has 0 spiro atoms. The first-order chi connectivity index (χ1) is 14.5. The van der Waals surface area contributed by atoms with Crippen molar-refractivity contribution in [3.63, 3.8) is 0 Å². The van der Waals surface area contributed by atoms with Crippen molar-refractivity contribution in [2.45, 2.75) is 58.9 Å². The van der Waals surface area contributed by atoms with Gasteiger partial charge in [0.25, 0.3) is 0 Å². The molecule has 1 aromatic heterocycles. The number of hydrogen-bond donors (Lipinski definition) is 0. The predicted octanol–water partition coefficient (Wildman–Crippen LogP) is 5.95. The Kier molecular flexibility index (Phi) is 6.08. The highest BCUT2D eigenvalue weighted by atomic mass is 32.1. The third-order valence-electron chi connectivity index (χ3n) is 5.16. The summed E-state index contributed by atoms with van der Waals surface area (Å²) in [6, 6.07) is 10.3. The van der Waals surface area contributed by atoms with Crippen molar-refractivity contribution in [1.82, 2.24) is 14.4 Å². The lowest BCUT2D eigenvalue weighted by atomic mass is 9.94. The molecule has 2 heterocycles. The van der Waals surface area contributed by atoms with Gasteiger partial charge in [0.2, 0.25) is 0 Å². The van der Waals surface area contributed by atoms with Crippen LogP contribution in [0.4, 0.5) is 0 Å². The van der Waals surface area contributed by atoms with E-state index in [0.29, 0.717) is 17.8 Å². The van der Waals surface area contributed by atoms with Gasteiger partial charge in [-0.3, -0.25) is 0 Å². The largest absolute Gasteiger partial charge is 0.424 e. The Labute approximate surface area is 181 Å². The number of aromatic nitrogens is 2. The highest BCUT2D eigenvalue weighted by Gasteiger charge is 2.36. The molecule has 6 nitrogen and oxygen atoms in total. The first-order valence-corrected chi connectivity index (χ1v) is 11.2. The lowest BCUT2D eigenvalue weighted by molar-refractivity contribution is 0.256. The number of amidine groups is 1. The van der Waals surface area contributed by atoms with Crippen LogP contribution < -0.4 is 4.74 Å². The molecule has 0 amide bonds. The molecule has 1 fully saturated rings. The molecular weight excluding hydrogens is 394 g/mol. The molecule has 0 bridgehead atoms. The van der Waals surface area contributed by atoms with Crippen LogP contribution in [0, 0.1) is 0 Å². The Morgan fingerprint density at radius 3 is 2.53 bits per heavy atom. The summed E-state index contributed by atoms with van der Waals surface area (Å²) in [6.45, 7) is 10.1. The molecule has 2 aliphatic rings. The summed E-state index contributed by atoms with van der Waals surface area (Å²) in [5, 5.41) is 7.85. The second kappa shape index (κ2) is 8.92. The van der Waals surface area contributed by atoms with Gasteiger partial charge in [-0.1, -0.05) is 49.6 Å². The van der Waals surface area contributed by atoms with Crippen molar-refractivity contribution in [3.8, 4) is 11.8 Å². The highest BCUT2D eigenvalue weighted by Crippen LogP contribution is 2.33. The van der Waals surface area contributed by atoms with E-state index >= 15 is 0 Å². The molecule has 1 aromatic carbocycles. The SMILES string of the molecule is C=C(C)N=C1C(=C(C)C)C(c2nc(Oc3ccccc3)ns2)=NN1C1CCCCC1. The van der Waals surface area contributed by atoms with Crippen molar-refractivity contribution in [2.24, 2.45) is 10.1 Å². The smallest absolute Gasteiger partial charge is 0.334 e. The van der Waals surface area contributed by atoms with Gasteiger partial charge in [0, 0.05) is 11.3 Å². The van der Waals surface area contributed by atoms with E-state index in [0.717, 1.165) is 46.2 Å². The summed E-state index contributed by atoms with van der Waals surface area (Å²) >= 11 is 1.30. The number of allylic oxidation sites excluding steroid dienone is 2. The molecule has 0 saturated heterocycles. The molecule has 1 saturated carbocycles. The van der Waals surface area contributed by atoms with Gasteiger partial charge in [0.05, 0.1) is 6.04 Å². The minimum absolute atomic E-state index is 0.339. The number of aliphatic imine (C=N–C) groups is 1. The summed E-state index contributed by atoms with van der Waals surface area (Å²) in [5.41, 5.74) is 3.76. The fourth-order valence-corrected chi connectivity index (χ4v) is 4.44.